The van der Waals surface area contributed by atoms with E-state index in [-0.39, 0.29) is 30.1 Å². The normalized spacial score (nSPS) is 14.3. The highest BCUT2D eigenvalue weighted by Gasteiger charge is 2.41. The van der Waals surface area contributed by atoms with Crippen molar-refractivity contribution in [2.24, 2.45) is 0 Å². The molecule has 4 rings (SSSR count). The van der Waals surface area contributed by atoms with Crippen molar-refractivity contribution in [2.75, 3.05) is 19.1 Å². The second-order valence-corrected chi connectivity index (χ2v) is 7.60. The number of nitro groups is 1. The van der Waals surface area contributed by atoms with Crippen molar-refractivity contribution in [2.45, 2.75) is 19.1 Å². The number of hydrogen-bond acceptors (Lipinski definition) is 7. The van der Waals surface area contributed by atoms with Crippen LogP contribution >= 0.6 is 0 Å². The van der Waals surface area contributed by atoms with E-state index in [0.29, 0.717) is 5.69 Å². The van der Waals surface area contributed by atoms with Gasteiger partial charge in [-0.2, -0.15) is 0 Å². The van der Waals surface area contributed by atoms with Crippen molar-refractivity contribution in [3.8, 4) is 11.5 Å². The van der Waals surface area contributed by atoms with E-state index in [2.05, 4.69) is 0 Å². The maximum atomic E-state index is 13.6. The van der Waals surface area contributed by atoms with Gasteiger partial charge < -0.3 is 14.2 Å². The molecule has 0 saturated carbocycles. The predicted octanol–water partition coefficient (Wildman–Crippen LogP) is 3.93. The SMILES string of the molecule is COC(=O)[C@@H]1Cc2ccccc2N1C(=O)c1cc(OC)c(OCc2ccccc2)cc1[N+](=O)[O-]. The summed E-state index contributed by atoms with van der Waals surface area (Å²) >= 11 is 0. The standard InChI is InChI=1S/C25H22N2O7/c1-32-22-13-18(20(27(30)31)14-23(22)34-15-16-8-4-3-5-9-16)24(28)26-19-11-7-6-10-17(19)12-21(26)25(29)33-2/h3-11,13-14,21H,12,15H2,1-2H3/t21-/m0/s1. The molecule has 0 bridgehead atoms. The van der Waals surface area contributed by atoms with Gasteiger partial charge >= 0.3 is 5.97 Å². The molecular formula is C25H22N2O7. The fourth-order valence-electron chi connectivity index (χ4n) is 3.97. The highest BCUT2D eigenvalue weighted by Crippen LogP contribution is 2.39. The van der Waals surface area contributed by atoms with E-state index >= 15 is 0 Å². The van der Waals surface area contributed by atoms with Crippen molar-refractivity contribution in [3.05, 3.63) is 93.5 Å². The van der Waals surface area contributed by atoms with Crippen LogP contribution in [0.25, 0.3) is 0 Å². The maximum Gasteiger partial charge on any atom is 0.329 e. The van der Waals surface area contributed by atoms with Gasteiger partial charge in [0.1, 0.15) is 18.2 Å². The van der Waals surface area contributed by atoms with E-state index in [0.717, 1.165) is 11.1 Å². The van der Waals surface area contributed by atoms with Gasteiger partial charge in [0.15, 0.2) is 11.5 Å². The first-order valence-corrected chi connectivity index (χ1v) is 10.5. The lowest BCUT2D eigenvalue weighted by Crippen LogP contribution is -2.43. The summed E-state index contributed by atoms with van der Waals surface area (Å²) < 4.78 is 16.0. The Morgan fingerprint density at radius 2 is 1.74 bits per heavy atom. The number of esters is 1. The van der Waals surface area contributed by atoms with Crippen LogP contribution in [0.3, 0.4) is 0 Å². The molecule has 0 radical (unpaired) electrons. The average molecular weight is 462 g/mol. The highest BCUT2D eigenvalue weighted by molar-refractivity contribution is 6.13. The average Bonchev–Trinajstić information content (AvgIpc) is 3.26. The molecule has 3 aromatic rings. The minimum atomic E-state index is -0.936. The van der Waals surface area contributed by atoms with Gasteiger partial charge in [-0.3, -0.25) is 19.8 Å². The number of carbonyl (C=O) groups excluding carboxylic acids is 2. The van der Waals surface area contributed by atoms with Gasteiger partial charge in [0.25, 0.3) is 11.6 Å². The number of carbonyl (C=O) groups is 2. The first kappa shape index (κ1) is 22.8. The monoisotopic (exact) mass is 462 g/mol. The van der Waals surface area contributed by atoms with Crippen LogP contribution < -0.4 is 14.4 Å². The second-order valence-electron chi connectivity index (χ2n) is 7.60. The molecule has 1 heterocycles. The summed E-state index contributed by atoms with van der Waals surface area (Å²) in [6.45, 7) is 0.158. The number of fused-ring (bicyclic) bond motifs is 1. The lowest BCUT2D eigenvalue weighted by molar-refractivity contribution is -0.385. The van der Waals surface area contributed by atoms with E-state index in [1.165, 1.54) is 31.3 Å². The first-order chi connectivity index (χ1) is 16.4. The third-order valence-electron chi connectivity index (χ3n) is 5.61. The molecule has 1 aliphatic rings. The van der Waals surface area contributed by atoms with Crippen LogP contribution in [-0.2, 0) is 22.6 Å². The Bertz CT molecular complexity index is 1240. The first-order valence-electron chi connectivity index (χ1n) is 10.5. The molecule has 0 N–H and O–H groups in total. The molecular weight excluding hydrogens is 440 g/mol. The van der Waals surface area contributed by atoms with Crippen LogP contribution in [0, 0.1) is 10.1 Å². The second kappa shape index (κ2) is 9.62. The summed E-state index contributed by atoms with van der Waals surface area (Å²) in [6.07, 6.45) is 0.248. The van der Waals surface area contributed by atoms with E-state index in [1.807, 2.05) is 30.3 Å². The van der Waals surface area contributed by atoms with Crippen molar-refractivity contribution >= 4 is 23.3 Å². The van der Waals surface area contributed by atoms with Gasteiger partial charge in [-0.1, -0.05) is 48.5 Å². The molecule has 34 heavy (non-hydrogen) atoms. The molecule has 1 atom stereocenters. The van der Waals surface area contributed by atoms with E-state index in [9.17, 15) is 19.7 Å². The van der Waals surface area contributed by atoms with Gasteiger partial charge in [-0.05, 0) is 17.2 Å². The fourth-order valence-corrected chi connectivity index (χ4v) is 3.97. The topological polar surface area (TPSA) is 108 Å². The third kappa shape index (κ3) is 4.27. The Morgan fingerprint density at radius 3 is 2.41 bits per heavy atom. The Balaban J connectivity index is 1.74. The minimum absolute atomic E-state index is 0.126. The number of anilines is 1. The lowest BCUT2D eigenvalue weighted by atomic mass is 10.1. The summed E-state index contributed by atoms with van der Waals surface area (Å²) in [7, 11) is 2.62. The Kier molecular flexibility index (Phi) is 6.44. The molecule has 1 aliphatic heterocycles. The summed E-state index contributed by atoms with van der Waals surface area (Å²) in [6, 6.07) is 17.8. The summed E-state index contributed by atoms with van der Waals surface area (Å²) in [5.74, 6) is -1.03. The van der Waals surface area contributed by atoms with Gasteiger partial charge in [0.2, 0.25) is 0 Å². The Hall–Kier alpha value is -4.40. The number of amides is 1. The number of para-hydroxylation sites is 1. The molecule has 0 aromatic heterocycles. The quantitative estimate of drug-likeness (QED) is 0.297. The largest absolute Gasteiger partial charge is 0.493 e. The van der Waals surface area contributed by atoms with Crippen LogP contribution in [-0.4, -0.2) is 37.1 Å². The lowest BCUT2D eigenvalue weighted by Gasteiger charge is -2.24. The van der Waals surface area contributed by atoms with Crippen molar-refractivity contribution in [1.29, 1.82) is 0 Å². The molecule has 9 nitrogen and oxygen atoms in total. The molecule has 3 aromatic carbocycles. The number of methoxy groups -OCH3 is 2. The highest BCUT2D eigenvalue weighted by atomic mass is 16.6. The number of nitrogens with zero attached hydrogens (tertiary/aromatic N) is 2. The van der Waals surface area contributed by atoms with Crippen LogP contribution in [0.15, 0.2) is 66.7 Å². The number of benzene rings is 3. The maximum absolute atomic E-state index is 13.6. The fraction of sp³-hybridized carbons (Fsp3) is 0.200. The van der Waals surface area contributed by atoms with Crippen LogP contribution in [0.1, 0.15) is 21.5 Å². The van der Waals surface area contributed by atoms with Gasteiger partial charge in [0.05, 0.1) is 25.2 Å². The molecule has 0 spiro atoms. The van der Waals surface area contributed by atoms with Crippen LogP contribution in [0.2, 0.25) is 0 Å². The molecule has 1 amide bonds. The number of hydrogen-bond donors (Lipinski definition) is 0. The van der Waals surface area contributed by atoms with Gasteiger partial charge in [0, 0.05) is 18.2 Å². The Morgan fingerprint density at radius 1 is 1.03 bits per heavy atom. The van der Waals surface area contributed by atoms with Crippen molar-refractivity contribution in [3.63, 3.8) is 0 Å². The summed E-state index contributed by atoms with van der Waals surface area (Å²) in [5.41, 5.74) is 1.45. The summed E-state index contributed by atoms with van der Waals surface area (Å²) in [4.78, 5) is 38.6. The predicted molar refractivity (Wildman–Crippen MR) is 123 cm³/mol. The molecule has 0 unspecified atom stereocenters. The molecule has 174 valence electrons. The number of ether oxygens (including phenoxy) is 3. The Labute approximate surface area is 195 Å². The molecule has 0 aliphatic carbocycles. The minimum Gasteiger partial charge on any atom is -0.493 e. The van der Waals surface area contributed by atoms with Gasteiger partial charge in [-0.25, -0.2) is 4.79 Å². The third-order valence-corrected chi connectivity index (χ3v) is 5.61. The smallest absolute Gasteiger partial charge is 0.329 e. The summed E-state index contributed by atoms with van der Waals surface area (Å²) in [5, 5.41) is 11.9. The molecule has 0 fully saturated rings. The van der Waals surface area contributed by atoms with Crippen molar-refractivity contribution in [1.82, 2.24) is 0 Å². The van der Waals surface area contributed by atoms with E-state index in [1.54, 1.807) is 24.3 Å². The molecule has 0 saturated heterocycles. The van der Waals surface area contributed by atoms with Crippen LogP contribution in [0.5, 0.6) is 11.5 Å². The van der Waals surface area contributed by atoms with Crippen molar-refractivity contribution < 1.29 is 28.7 Å². The number of nitro benzene ring substituents is 1. The van der Waals surface area contributed by atoms with Gasteiger partial charge in [-0.15, -0.1) is 0 Å². The zero-order chi connectivity index (χ0) is 24.2. The zero-order valence-corrected chi connectivity index (χ0v) is 18.6. The molecule has 9 heteroatoms. The number of rotatable bonds is 7. The van der Waals surface area contributed by atoms with Crippen LogP contribution in [0.4, 0.5) is 11.4 Å². The zero-order valence-electron chi connectivity index (χ0n) is 18.6. The van der Waals surface area contributed by atoms with E-state index in [4.69, 9.17) is 14.2 Å². The van der Waals surface area contributed by atoms with E-state index < -0.39 is 28.5 Å².